The number of carbonyl (C=O) groups is 1. The van der Waals surface area contributed by atoms with Gasteiger partial charge < -0.3 is 64.2 Å². The van der Waals surface area contributed by atoms with Crippen LogP contribution in [0.25, 0.3) is 0 Å². The first kappa shape index (κ1) is 30.4. The van der Waals surface area contributed by atoms with Gasteiger partial charge in [0.05, 0.1) is 26.7 Å². The summed E-state index contributed by atoms with van der Waals surface area (Å²) in [6, 6.07) is 7.97. The van der Waals surface area contributed by atoms with Gasteiger partial charge in [-0.05, 0) is 24.6 Å². The standard InChI is InChI=1S/C28H34O14/c1-11-16(37-2)8-18-20(21(11)32)14(30)7-17(40-18)12-3-5-13(6-4-12)39-26-19(9-29)41-28(25(36)23(26)34)42-27-24(35)22(33)15(31)10-38-27/h3-6,8,15,17,19,22-29,31-36H,7,9-10H2,1-2H3/t15-,17+,19-,22+,23-,24-,25-,26-,27+,28+/m1/s1. The number of aromatic hydroxyl groups is 1. The number of methoxy groups -OCH3 is 1. The summed E-state index contributed by atoms with van der Waals surface area (Å²) in [6.45, 7) is 0.665. The molecule has 10 atom stereocenters. The molecule has 7 N–H and O–H groups in total. The Hall–Kier alpha value is -3.05. The predicted molar refractivity (Wildman–Crippen MR) is 139 cm³/mol. The number of hydrogen-bond acceptors (Lipinski definition) is 14. The van der Waals surface area contributed by atoms with Crippen LogP contribution in [-0.4, -0.2) is 117 Å². The van der Waals surface area contributed by atoms with E-state index in [0.717, 1.165) is 0 Å². The average Bonchev–Trinajstić information content (AvgIpc) is 2.98. The molecule has 0 bridgehead atoms. The largest absolute Gasteiger partial charge is 0.507 e. The maximum atomic E-state index is 12.9. The second kappa shape index (κ2) is 12.3. The number of fused-ring (bicyclic) bond motifs is 1. The van der Waals surface area contributed by atoms with Crippen LogP contribution < -0.4 is 14.2 Å². The van der Waals surface area contributed by atoms with E-state index >= 15 is 0 Å². The number of ketones is 1. The van der Waals surface area contributed by atoms with Gasteiger partial charge in [-0.25, -0.2) is 0 Å². The fourth-order valence-corrected chi connectivity index (χ4v) is 5.21. The molecule has 0 aromatic heterocycles. The monoisotopic (exact) mass is 594 g/mol. The fraction of sp³-hybridized carbons (Fsp3) is 0.536. The van der Waals surface area contributed by atoms with Crippen LogP contribution in [0.1, 0.15) is 34.0 Å². The Morgan fingerprint density at radius 3 is 2.33 bits per heavy atom. The lowest BCUT2D eigenvalue weighted by atomic mass is 9.94. The van der Waals surface area contributed by atoms with Crippen LogP contribution in [0.15, 0.2) is 30.3 Å². The van der Waals surface area contributed by atoms with Gasteiger partial charge in [0, 0.05) is 11.6 Å². The first-order valence-electron chi connectivity index (χ1n) is 13.3. The number of aliphatic hydroxyl groups excluding tert-OH is 6. The van der Waals surface area contributed by atoms with Gasteiger partial charge in [-0.2, -0.15) is 0 Å². The molecule has 0 unspecified atom stereocenters. The van der Waals surface area contributed by atoms with Crippen molar-refractivity contribution in [2.24, 2.45) is 0 Å². The maximum absolute atomic E-state index is 12.9. The molecule has 0 radical (unpaired) electrons. The lowest BCUT2D eigenvalue weighted by Gasteiger charge is -2.44. The van der Waals surface area contributed by atoms with Crippen molar-refractivity contribution in [1.29, 1.82) is 0 Å². The van der Waals surface area contributed by atoms with Crippen LogP contribution in [0.4, 0.5) is 0 Å². The summed E-state index contributed by atoms with van der Waals surface area (Å²) in [7, 11) is 1.45. The summed E-state index contributed by atoms with van der Waals surface area (Å²) in [6.07, 6.45) is -14.0. The summed E-state index contributed by atoms with van der Waals surface area (Å²) in [5.41, 5.74) is 1.17. The molecule has 3 heterocycles. The molecule has 2 aromatic carbocycles. The van der Waals surface area contributed by atoms with E-state index in [1.165, 1.54) is 7.11 Å². The molecule has 3 aliphatic heterocycles. The Labute approximate surface area is 240 Å². The summed E-state index contributed by atoms with van der Waals surface area (Å²) in [4.78, 5) is 12.9. The highest BCUT2D eigenvalue weighted by molar-refractivity contribution is 6.03. The molecular weight excluding hydrogens is 560 g/mol. The first-order chi connectivity index (χ1) is 20.0. The molecule has 14 nitrogen and oxygen atoms in total. The quantitative estimate of drug-likeness (QED) is 0.206. The molecule has 2 saturated heterocycles. The zero-order valence-electron chi connectivity index (χ0n) is 22.8. The van der Waals surface area contributed by atoms with Crippen molar-refractivity contribution >= 4 is 5.78 Å². The topological polar surface area (TPSA) is 214 Å². The highest BCUT2D eigenvalue weighted by atomic mass is 16.8. The summed E-state index contributed by atoms with van der Waals surface area (Å²) < 4.78 is 33.3. The normalized spacial score (nSPS) is 34.8. The van der Waals surface area contributed by atoms with Crippen LogP contribution in [0.3, 0.4) is 0 Å². The molecule has 42 heavy (non-hydrogen) atoms. The van der Waals surface area contributed by atoms with Gasteiger partial charge in [-0.3, -0.25) is 4.79 Å². The second-order valence-electron chi connectivity index (χ2n) is 10.4. The summed E-state index contributed by atoms with van der Waals surface area (Å²) >= 11 is 0. The molecule has 0 saturated carbocycles. The summed E-state index contributed by atoms with van der Waals surface area (Å²) in [5.74, 6) is 0.353. The Balaban J connectivity index is 1.25. The molecule has 3 aliphatic rings. The van der Waals surface area contributed by atoms with Gasteiger partial charge in [0.1, 0.15) is 71.3 Å². The number of benzene rings is 2. The number of phenolic OH excluding ortho intramolecular Hbond substituents is 1. The number of carbonyl (C=O) groups excluding carboxylic acids is 1. The number of rotatable bonds is 7. The van der Waals surface area contributed by atoms with E-state index in [2.05, 4.69) is 0 Å². The minimum Gasteiger partial charge on any atom is -0.507 e. The number of hydrogen-bond donors (Lipinski definition) is 7. The minimum atomic E-state index is -1.70. The number of phenols is 1. The molecule has 230 valence electrons. The highest BCUT2D eigenvalue weighted by Crippen LogP contribution is 2.44. The van der Waals surface area contributed by atoms with E-state index in [4.69, 9.17) is 28.4 Å². The van der Waals surface area contributed by atoms with Crippen LogP contribution >= 0.6 is 0 Å². The van der Waals surface area contributed by atoms with E-state index in [9.17, 15) is 40.5 Å². The number of Topliss-reactive ketones (excluding diaryl/α,β-unsaturated/α-hetero) is 1. The Morgan fingerprint density at radius 2 is 1.67 bits per heavy atom. The fourth-order valence-electron chi connectivity index (χ4n) is 5.21. The third kappa shape index (κ3) is 5.65. The van der Waals surface area contributed by atoms with Gasteiger partial charge in [0.15, 0.2) is 24.5 Å². The van der Waals surface area contributed by atoms with Gasteiger partial charge in [-0.1, -0.05) is 12.1 Å². The van der Waals surface area contributed by atoms with E-state index in [-0.39, 0.29) is 41.6 Å². The third-order valence-electron chi connectivity index (χ3n) is 7.68. The van der Waals surface area contributed by atoms with Crippen molar-refractivity contribution in [1.82, 2.24) is 0 Å². The Morgan fingerprint density at radius 1 is 0.976 bits per heavy atom. The minimum absolute atomic E-state index is 0.0166. The Kier molecular flexibility index (Phi) is 8.89. The van der Waals surface area contributed by atoms with Crippen LogP contribution in [-0.2, 0) is 14.2 Å². The van der Waals surface area contributed by atoms with E-state index in [1.807, 2.05) is 0 Å². The van der Waals surface area contributed by atoms with Crippen molar-refractivity contribution in [3.8, 4) is 23.0 Å². The molecule has 0 aliphatic carbocycles. The molecule has 0 spiro atoms. The van der Waals surface area contributed by atoms with Crippen molar-refractivity contribution < 1.29 is 69.0 Å². The van der Waals surface area contributed by atoms with Crippen molar-refractivity contribution in [2.75, 3.05) is 20.3 Å². The van der Waals surface area contributed by atoms with Gasteiger partial charge in [0.25, 0.3) is 0 Å². The Bertz CT molecular complexity index is 1270. The van der Waals surface area contributed by atoms with Crippen LogP contribution in [0.2, 0.25) is 0 Å². The summed E-state index contributed by atoms with van der Waals surface area (Å²) in [5, 5.41) is 71.4. The van der Waals surface area contributed by atoms with Gasteiger partial charge in [0.2, 0.25) is 0 Å². The van der Waals surface area contributed by atoms with Gasteiger partial charge in [-0.15, -0.1) is 0 Å². The van der Waals surface area contributed by atoms with E-state index < -0.39 is 68.0 Å². The number of ether oxygens (including phenoxy) is 6. The highest BCUT2D eigenvalue weighted by Gasteiger charge is 2.49. The molecule has 5 rings (SSSR count). The molecule has 2 aromatic rings. The molecular formula is C28H34O14. The van der Waals surface area contributed by atoms with E-state index in [0.29, 0.717) is 16.9 Å². The van der Waals surface area contributed by atoms with Crippen molar-refractivity contribution in [3.63, 3.8) is 0 Å². The van der Waals surface area contributed by atoms with Crippen LogP contribution in [0.5, 0.6) is 23.0 Å². The number of aliphatic hydroxyl groups is 6. The van der Waals surface area contributed by atoms with Crippen molar-refractivity contribution in [3.05, 3.63) is 47.0 Å². The lowest BCUT2D eigenvalue weighted by Crippen LogP contribution is -2.63. The first-order valence-corrected chi connectivity index (χ1v) is 13.3. The third-order valence-corrected chi connectivity index (χ3v) is 7.68. The molecule has 14 heteroatoms. The SMILES string of the molecule is COc1cc2c(c(O)c1C)C(=O)C[C@@H](c1ccc(O[C@H]3[C@H](O)[C@@H](O)[C@H](O[C@@H]4OC[C@@H](O)[C@H](O)[C@H]4O)O[C@@H]3CO)cc1)O2. The van der Waals surface area contributed by atoms with Crippen molar-refractivity contribution in [2.45, 2.75) is 74.8 Å². The lowest BCUT2D eigenvalue weighted by molar-refractivity contribution is -0.363. The van der Waals surface area contributed by atoms with Gasteiger partial charge >= 0.3 is 0 Å². The molecule has 0 amide bonds. The smallest absolute Gasteiger partial charge is 0.189 e. The van der Waals surface area contributed by atoms with Crippen LogP contribution in [0, 0.1) is 6.92 Å². The molecule has 2 fully saturated rings. The maximum Gasteiger partial charge on any atom is 0.189 e. The zero-order chi connectivity index (χ0) is 30.3. The predicted octanol–water partition coefficient (Wildman–Crippen LogP) is -0.942. The average molecular weight is 595 g/mol. The zero-order valence-corrected chi connectivity index (χ0v) is 22.8. The second-order valence-corrected chi connectivity index (χ2v) is 10.4. The van der Waals surface area contributed by atoms with E-state index in [1.54, 1.807) is 37.3 Å².